The summed E-state index contributed by atoms with van der Waals surface area (Å²) in [6.45, 7) is 1.72. The first kappa shape index (κ1) is 14.3. The third-order valence-electron chi connectivity index (χ3n) is 3.48. The second-order valence-electron chi connectivity index (χ2n) is 4.92. The Labute approximate surface area is 109 Å². The molecule has 0 bridgehead atoms. The van der Waals surface area contributed by atoms with E-state index in [-0.39, 0.29) is 23.3 Å². The number of aryl methyl sites for hydroxylation is 1. The Bertz CT molecular complexity index is 587. The molecule has 0 heterocycles. The Morgan fingerprint density at radius 3 is 2.32 bits per heavy atom. The highest BCUT2D eigenvalue weighted by Crippen LogP contribution is 2.50. The number of benzene rings is 1. The van der Waals surface area contributed by atoms with Crippen LogP contribution in [-0.2, 0) is 10.1 Å². The van der Waals surface area contributed by atoms with Crippen molar-refractivity contribution in [3.05, 3.63) is 29.3 Å². The number of hydrogen-bond acceptors (Lipinski definition) is 2. The zero-order valence-electron chi connectivity index (χ0n) is 10.1. The first-order valence-corrected chi connectivity index (χ1v) is 7.18. The van der Waals surface area contributed by atoms with Gasteiger partial charge in [-0.15, -0.1) is 0 Å². The lowest BCUT2D eigenvalue weighted by atomic mass is 9.71. The SMILES string of the molecule is Cc1ccc(S(=O)(=O)O)c(C2CC(C(F)(F)F)C2)c1. The molecule has 3 nitrogen and oxygen atoms in total. The average Bonchev–Trinajstić information content (AvgIpc) is 2.10. The van der Waals surface area contributed by atoms with E-state index in [1.165, 1.54) is 18.2 Å². The van der Waals surface area contributed by atoms with Crippen LogP contribution in [0.5, 0.6) is 0 Å². The molecule has 2 rings (SSSR count). The van der Waals surface area contributed by atoms with Crippen LogP contribution >= 0.6 is 0 Å². The molecule has 0 aliphatic heterocycles. The van der Waals surface area contributed by atoms with Crippen molar-refractivity contribution in [2.24, 2.45) is 5.92 Å². The van der Waals surface area contributed by atoms with Crippen LogP contribution < -0.4 is 0 Å². The standard InChI is InChI=1S/C12H13F3O3S/c1-7-2-3-11(19(16,17)18)10(4-7)8-5-9(6-8)12(13,14)15/h2-4,8-9H,5-6H2,1H3,(H,16,17,18). The van der Waals surface area contributed by atoms with Crippen molar-refractivity contribution in [3.8, 4) is 0 Å². The highest BCUT2D eigenvalue weighted by atomic mass is 32.2. The summed E-state index contributed by atoms with van der Waals surface area (Å²) in [4.78, 5) is -0.288. The average molecular weight is 294 g/mol. The van der Waals surface area contributed by atoms with Crippen molar-refractivity contribution in [2.75, 3.05) is 0 Å². The van der Waals surface area contributed by atoms with Gasteiger partial charge in [-0.3, -0.25) is 4.55 Å². The molecule has 0 spiro atoms. The molecule has 1 aromatic rings. The largest absolute Gasteiger partial charge is 0.391 e. The first-order valence-electron chi connectivity index (χ1n) is 5.74. The predicted molar refractivity (Wildman–Crippen MR) is 62.5 cm³/mol. The van der Waals surface area contributed by atoms with E-state index >= 15 is 0 Å². The van der Waals surface area contributed by atoms with Crippen molar-refractivity contribution in [2.45, 2.75) is 36.8 Å². The molecule has 106 valence electrons. The molecule has 1 aliphatic rings. The summed E-state index contributed by atoms with van der Waals surface area (Å²) in [6.07, 6.45) is -4.50. The fourth-order valence-corrected chi connectivity index (χ4v) is 3.12. The maximum atomic E-state index is 12.4. The van der Waals surface area contributed by atoms with E-state index in [4.69, 9.17) is 4.55 Å². The van der Waals surface area contributed by atoms with Crippen LogP contribution in [0.2, 0.25) is 0 Å². The van der Waals surface area contributed by atoms with E-state index in [1.54, 1.807) is 6.92 Å². The second-order valence-corrected chi connectivity index (χ2v) is 6.31. The smallest absolute Gasteiger partial charge is 0.282 e. The minimum atomic E-state index is -4.41. The highest BCUT2D eigenvalue weighted by molar-refractivity contribution is 7.85. The summed E-state index contributed by atoms with van der Waals surface area (Å²) in [6, 6.07) is 4.27. The quantitative estimate of drug-likeness (QED) is 0.851. The lowest BCUT2D eigenvalue weighted by Crippen LogP contribution is -2.35. The third-order valence-corrected chi connectivity index (χ3v) is 4.41. The highest BCUT2D eigenvalue weighted by Gasteiger charge is 2.48. The van der Waals surface area contributed by atoms with Crippen molar-refractivity contribution >= 4 is 10.1 Å². The van der Waals surface area contributed by atoms with Crippen molar-refractivity contribution in [1.29, 1.82) is 0 Å². The van der Waals surface area contributed by atoms with Gasteiger partial charge < -0.3 is 0 Å². The number of hydrogen-bond donors (Lipinski definition) is 1. The van der Waals surface area contributed by atoms with Gasteiger partial charge in [-0.25, -0.2) is 0 Å². The van der Waals surface area contributed by atoms with Gasteiger partial charge in [0, 0.05) is 0 Å². The summed E-state index contributed by atoms with van der Waals surface area (Å²) in [7, 11) is -4.41. The van der Waals surface area contributed by atoms with E-state index in [1.807, 2.05) is 0 Å². The molecule has 19 heavy (non-hydrogen) atoms. The van der Waals surface area contributed by atoms with Gasteiger partial charge in [0.25, 0.3) is 10.1 Å². The van der Waals surface area contributed by atoms with Gasteiger partial charge in [-0.1, -0.05) is 17.7 Å². The predicted octanol–water partition coefficient (Wildman–Crippen LogP) is 3.30. The topological polar surface area (TPSA) is 54.4 Å². The molecule has 0 amide bonds. The molecule has 7 heteroatoms. The minimum absolute atomic E-state index is 0.129. The Morgan fingerprint density at radius 1 is 1.26 bits per heavy atom. The van der Waals surface area contributed by atoms with Crippen LogP contribution in [0, 0.1) is 12.8 Å². The van der Waals surface area contributed by atoms with Gasteiger partial charge >= 0.3 is 6.18 Å². The van der Waals surface area contributed by atoms with E-state index in [0.717, 1.165) is 5.56 Å². The van der Waals surface area contributed by atoms with Gasteiger partial charge in [-0.05, 0) is 37.3 Å². The molecule has 1 N–H and O–H groups in total. The summed E-state index contributed by atoms with van der Waals surface area (Å²) < 4.78 is 68.9. The van der Waals surface area contributed by atoms with Crippen LogP contribution in [-0.4, -0.2) is 19.1 Å². The fraction of sp³-hybridized carbons (Fsp3) is 0.500. The van der Waals surface area contributed by atoms with Crippen molar-refractivity contribution in [1.82, 2.24) is 0 Å². The van der Waals surface area contributed by atoms with Crippen LogP contribution in [0.1, 0.15) is 29.9 Å². The molecule has 0 aromatic heterocycles. The summed E-state index contributed by atoms with van der Waals surface area (Å²) in [5, 5.41) is 0. The van der Waals surface area contributed by atoms with Gasteiger partial charge in [0.15, 0.2) is 0 Å². The van der Waals surface area contributed by atoms with E-state index in [2.05, 4.69) is 0 Å². The first-order chi connectivity index (χ1) is 8.59. The van der Waals surface area contributed by atoms with Crippen LogP contribution in [0.15, 0.2) is 23.1 Å². The Balaban J connectivity index is 2.30. The van der Waals surface area contributed by atoms with Gasteiger partial charge in [-0.2, -0.15) is 21.6 Å². The Morgan fingerprint density at radius 2 is 1.84 bits per heavy atom. The summed E-state index contributed by atoms with van der Waals surface area (Å²) in [5.74, 6) is -1.85. The number of rotatable bonds is 2. The molecule has 1 saturated carbocycles. The lowest BCUT2D eigenvalue weighted by Gasteiger charge is -2.37. The number of halogens is 3. The molecule has 1 aromatic carbocycles. The van der Waals surface area contributed by atoms with Crippen LogP contribution in [0.3, 0.4) is 0 Å². The monoisotopic (exact) mass is 294 g/mol. The molecular weight excluding hydrogens is 281 g/mol. The Kier molecular flexibility index (Phi) is 3.38. The summed E-state index contributed by atoms with van der Waals surface area (Å²) in [5.41, 5.74) is 1.03. The summed E-state index contributed by atoms with van der Waals surface area (Å²) >= 11 is 0. The molecule has 0 saturated heterocycles. The van der Waals surface area contributed by atoms with E-state index in [9.17, 15) is 21.6 Å². The van der Waals surface area contributed by atoms with E-state index < -0.39 is 28.1 Å². The van der Waals surface area contributed by atoms with Gasteiger partial charge in [0.1, 0.15) is 0 Å². The maximum absolute atomic E-state index is 12.4. The molecule has 1 fully saturated rings. The minimum Gasteiger partial charge on any atom is -0.282 e. The van der Waals surface area contributed by atoms with Crippen LogP contribution in [0.4, 0.5) is 13.2 Å². The normalized spacial score (nSPS) is 24.1. The van der Waals surface area contributed by atoms with Crippen LogP contribution in [0.25, 0.3) is 0 Å². The third kappa shape index (κ3) is 2.92. The fourth-order valence-electron chi connectivity index (χ4n) is 2.36. The Hall–Kier alpha value is -1.08. The zero-order valence-corrected chi connectivity index (χ0v) is 10.9. The molecule has 0 unspecified atom stereocenters. The number of alkyl halides is 3. The lowest BCUT2D eigenvalue weighted by molar-refractivity contribution is -0.197. The van der Waals surface area contributed by atoms with Crippen molar-refractivity contribution in [3.63, 3.8) is 0 Å². The second kappa shape index (κ2) is 4.49. The molecule has 0 radical (unpaired) electrons. The molecular formula is C12H13F3O3S. The molecule has 1 aliphatic carbocycles. The zero-order chi connectivity index (χ0) is 14.4. The van der Waals surface area contributed by atoms with E-state index in [0.29, 0.717) is 0 Å². The molecule has 0 atom stereocenters. The van der Waals surface area contributed by atoms with Gasteiger partial charge in [0.05, 0.1) is 10.8 Å². The van der Waals surface area contributed by atoms with Gasteiger partial charge in [0.2, 0.25) is 0 Å². The van der Waals surface area contributed by atoms with Crippen molar-refractivity contribution < 1.29 is 26.1 Å². The maximum Gasteiger partial charge on any atom is 0.391 e.